The fraction of sp³-hybridized carbons (Fsp3) is 0.263. The topological polar surface area (TPSA) is 74.8 Å². The zero-order valence-electron chi connectivity index (χ0n) is 14.3. The van der Waals surface area contributed by atoms with Gasteiger partial charge in [0.25, 0.3) is 5.91 Å². The summed E-state index contributed by atoms with van der Waals surface area (Å²) in [6, 6.07) is 14.0. The van der Waals surface area contributed by atoms with E-state index in [0.29, 0.717) is 12.1 Å². The number of rotatable bonds is 2. The number of sulfonamides is 1. The Balaban J connectivity index is 1.61. The molecule has 6 nitrogen and oxygen atoms in total. The Hall–Kier alpha value is -2.67. The molecule has 2 aliphatic rings. The molecular weight excluding hydrogens is 352 g/mol. The Kier molecular flexibility index (Phi) is 3.84. The quantitative estimate of drug-likeness (QED) is 0.812. The Morgan fingerprint density at radius 3 is 2.42 bits per heavy atom. The van der Waals surface area contributed by atoms with Gasteiger partial charge in [0.15, 0.2) is 0 Å². The lowest BCUT2D eigenvalue weighted by molar-refractivity contribution is -0.119. The van der Waals surface area contributed by atoms with Crippen LogP contribution in [0.25, 0.3) is 0 Å². The van der Waals surface area contributed by atoms with Gasteiger partial charge in [-0.3, -0.25) is 9.59 Å². The lowest BCUT2D eigenvalue weighted by Gasteiger charge is -2.19. The van der Waals surface area contributed by atoms with Crippen LogP contribution in [0.2, 0.25) is 0 Å². The Bertz CT molecular complexity index is 998. The van der Waals surface area contributed by atoms with Gasteiger partial charge in [-0.25, -0.2) is 12.7 Å². The largest absolute Gasteiger partial charge is 0.308 e. The van der Waals surface area contributed by atoms with Gasteiger partial charge >= 0.3 is 0 Å². The summed E-state index contributed by atoms with van der Waals surface area (Å²) in [5, 5.41) is 0. The normalized spacial score (nSPS) is 21.1. The SMILES string of the molecule is C[C@@H]1CS(=O)(=O)N(c2ccc(C(=O)N3CCc4ccccc43)cc2)C1=O. The minimum absolute atomic E-state index is 0.134. The highest BCUT2D eigenvalue weighted by Crippen LogP contribution is 2.31. The lowest BCUT2D eigenvalue weighted by Crippen LogP contribution is -2.31. The van der Waals surface area contributed by atoms with Crippen LogP contribution in [0.15, 0.2) is 48.5 Å². The first-order valence-electron chi connectivity index (χ1n) is 8.45. The molecule has 134 valence electrons. The number of nitrogens with zero attached hydrogens (tertiary/aromatic N) is 2. The predicted octanol–water partition coefficient (Wildman–Crippen LogP) is 2.20. The van der Waals surface area contributed by atoms with Crippen LogP contribution in [0.4, 0.5) is 11.4 Å². The fourth-order valence-corrected chi connectivity index (χ4v) is 5.35. The summed E-state index contributed by atoms with van der Waals surface area (Å²) in [5.74, 6) is -1.30. The minimum Gasteiger partial charge on any atom is -0.308 e. The Labute approximate surface area is 152 Å². The van der Waals surface area contributed by atoms with Crippen molar-refractivity contribution in [3.63, 3.8) is 0 Å². The molecule has 4 rings (SSSR count). The maximum absolute atomic E-state index is 12.8. The maximum atomic E-state index is 12.8. The van der Waals surface area contributed by atoms with Crippen LogP contribution in [-0.4, -0.2) is 32.5 Å². The average molecular weight is 370 g/mol. The van der Waals surface area contributed by atoms with Crippen molar-refractivity contribution in [1.82, 2.24) is 0 Å². The van der Waals surface area contributed by atoms with Crippen LogP contribution in [0.1, 0.15) is 22.8 Å². The highest BCUT2D eigenvalue weighted by Gasteiger charge is 2.42. The average Bonchev–Trinajstić information content (AvgIpc) is 3.13. The minimum atomic E-state index is -3.64. The number of fused-ring (bicyclic) bond motifs is 1. The highest BCUT2D eigenvalue weighted by atomic mass is 32.2. The van der Waals surface area contributed by atoms with Crippen molar-refractivity contribution in [2.45, 2.75) is 13.3 Å². The Morgan fingerprint density at radius 2 is 1.77 bits per heavy atom. The summed E-state index contributed by atoms with van der Waals surface area (Å²) in [6.45, 7) is 2.22. The molecule has 0 N–H and O–H groups in total. The summed E-state index contributed by atoms with van der Waals surface area (Å²) in [5.41, 5.74) is 2.79. The van der Waals surface area contributed by atoms with Crippen LogP contribution in [-0.2, 0) is 21.2 Å². The molecule has 0 aliphatic carbocycles. The molecule has 2 amide bonds. The van der Waals surface area contributed by atoms with E-state index in [1.165, 1.54) is 12.1 Å². The molecule has 1 atom stereocenters. The van der Waals surface area contributed by atoms with Crippen LogP contribution in [0.3, 0.4) is 0 Å². The molecule has 7 heteroatoms. The van der Waals surface area contributed by atoms with Crippen molar-refractivity contribution in [2.24, 2.45) is 5.92 Å². The first-order chi connectivity index (χ1) is 12.4. The maximum Gasteiger partial charge on any atom is 0.258 e. The van der Waals surface area contributed by atoms with Crippen LogP contribution >= 0.6 is 0 Å². The number of hydrogen-bond acceptors (Lipinski definition) is 4. The van der Waals surface area contributed by atoms with Gasteiger partial charge in [-0.15, -0.1) is 0 Å². The molecule has 1 saturated heterocycles. The molecule has 26 heavy (non-hydrogen) atoms. The van der Waals surface area contributed by atoms with E-state index in [0.717, 1.165) is 22.0 Å². The van der Waals surface area contributed by atoms with E-state index in [9.17, 15) is 18.0 Å². The fourth-order valence-electron chi connectivity index (χ4n) is 3.53. The van der Waals surface area contributed by atoms with Crippen LogP contribution < -0.4 is 9.21 Å². The van der Waals surface area contributed by atoms with Gasteiger partial charge in [0, 0.05) is 17.8 Å². The summed E-state index contributed by atoms with van der Waals surface area (Å²) >= 11 is 0. The monoisotopic (exact) mass is 370 g/mol. The molecule has 2 aromatic rings. The summed E-state index contributed by atoms with van der Waals surface area (Å²) in [7, 11) is -3.64. The van der Waals surface area contributed by atoms with Crippen molar-refractivity contribution < 1.29 is 18.0 Å². The molecule has 2 heterocycles. The first kappa shape index (κ1) is 16.8. The number of hydrogen-bond donors (Lipinski definition) is 0. The number of benzene rings is 2. The third-order valence-corrected chi connectivity index (χ3v) is 6.71. The van der Waals surface area contributed by atoms with Crippen LogP contribution in [0, 0.1) is 5.92 Å². The van der Waals surface area contributed by atoms with Crippen molar-refractivity contribution in [3.05, 3.63) is 59.7 Å². The van der Waals surface area contributed by atoms with Crippen molar-refractivity contribution in [3.8, 4) is 0 Å². The first-order valence-corrected chi connectivity index (χ1v) is 10.1. The zero-order chi connectivity index (χ0) is 18.5. The van der Waals surface area contributed by atoms with Gasteiger partial charge in [-0.05, 0) is 42.3 Å². The highest BCUT2D eigenvalue weighted by molar-refractivity contribution is 7.94. The molecule has 0 saturated carbocycles. The molecule has 0 bridgehead atoms. The molecule has 0 spiro atoms. The molecule has 0 unspecified atom stereocenters. The van der Waals surface area contributed by atoms with Gasteiger partial charge in [0.05, 0.1) is 17.4 Å². The van der Waals surface area contributed by atoms with E-state index < -0.39 is 21.8 Å². The molecule has 2 aliphatic heterocycles. The second-order valence-corrected chi connectivity index (χ2v) is 8.53. The third-order valence-electron chi connectivity index (χ3n) is 4.84. The number of para-hydroxylation sites is 1. The summed E-state index contributed by atoms with van der Waals surface area (Å²) in [4.78, 5) is 26.7. The molecular formula is C19H18N2O4S. The second kappa shape index (κ2) is 5.95. The standard InChI is InChI=1S/C19H18N2O4S/c1-13-12-26(24,25)21(18(13)22)16-8-6-15(7-9-16)19(23)20-11-10-14-4-2-3-5-17(14)20/h2-9,13H,10-12H2,1H3/t13-/m1/s1. The molecule has 1 fully saturated rings. The van der Waals surface area contributed by atoms with Crippen molar-refractivity contribution in [2.75, 3.05) is 21.5 Å². The van der Waals surface area contributed by atoms with E-state index in [1.54, 1.807) is 24.0 Å². The number of carbonyl (C=O) groups excluding carboxylic acids is 2. The summed E-state index contributed by atoms with van der Waals surface area (Å²) < 4.78 is 25.2. The number of amides is 2. The van der Waals surface area contributed by atoms with E-state index in [-0.39, 0.29) is 17.3 Å². The molecule has 0 aromatic heterocycles. The van der Waals surface area contributed by atoms with Gasteiger partial charge in [-0.1, -0.05) is 25.1 Å². The van der Waals surface area contributed by atoms with Gasteiger partial charge in [-0.2, -0.15) is 0 Å². The Morgan fingerprint density at radius 1 is 1.08 bits per heavy atom. The molecule has 2 aromatic carbocycles. The number of anilines is 2. The van der Waals surface area contributed by atoms with E-state index in [2.05, 4.69) is 0 Å². The third kappa shape index (κ3) is 2.59. The van der Waals surface area contributed by atoms with Crippen molar-refractivity contribution >= 4 is 33.2 Å². The van der Waals surface area contributed by atoms with E-state index in [4.69, 9.17) is 0 Å². The molecule has 0 radical (unpaired) electrons. The smallest absolute Gasteiger partial charge is 0.258 e. The second-order valence-electron chi connectivity index (χ2n) is 6.66. The predicted molar refractivity (Wildman–Crippen MR) is 98.7 cm³/mol. The van der Waals surface area contributed by atoms with Crippen LogP contribution in [0.5, 0.6) is 0 Å². The summed E-state index contributed by atoms with van der Waals surface area (Å²) in [6.07, 6.45) is 0.818. The van der Waals surface area contributed by atoms with E-state index in [1.807, 2.05) is 24.3 Å². The number of carbonyl (C=O) groups is 2. The van der Waals surface area contributed by atoms with Gasteiger partial charge in [0.2, 0.25) is 15.9 Å². The van der Waals surface area contributed by atoms with Gasteiger partial charge < -0.3 is 4.90 Å². The van der Waals surface area contributed by atoms with Gasteiger partial charge in [0.1, 0.15) is 0 Å². The van der Waals surface area contributed by atoms with Crippen molar-refractivity contribution in [1.29, 1.82) is 0 Å². The zero-order valence-corrected chi connectivity index (χ0v) is 15.1. The van der Waals surface area contributed by atoms with E-state index >= 15 is 0 Å². The lowest BCUT2D eigenvalue weighted by atomic mass is 10.1.